The molecule has 0 unspecified atom stereocenters. The number of benzene rings is 1. The van der Waals surface area contributed by atoms with Gasteiger partial charge in [-0.2, -0.15) is 5.10 Å². The van der Waals surface area contributed by atoms with Crippen molar-refractivity contribution in [1.29, 1.82) is 0 Å². The molecule has 3 aromatic rings. The van der Waals surface area contributed by atoms with E-state index in [0.29, 0.717) is 29.7 Å². The van der Waals surface area contributed by atoms with Gasteiger partial charge in [0, 0.05) is 41.7 Å². The highest BCUT2D eigenvalue weighted by molar-refractivity contribution is 8.00. The minimum atomic E-state index is -1.82. The summed E-state index contributed by atoms with van der Waals surface area (Å²) in [5.74, 6) is -6.25. The van der Waals surface area contributed by atoms with Crippen LogP contribution in [0.1, 0.15) is 56.7 Å². The molecule has 0 radical (unpaired) electrons. The molecule has 2 fully saturated rings. The molecule has 2 aromatic heterocycles. The zero-order valence-electron chi connectivity index (χ0n) is 31.3. The highest BCUT2D eigenvalue weighted by Gasteiger charge is 2.55. The molecule has 0 saturated carbocycles. The van der Waals surface area contributed by atoms with Gasteiger partial charge >= 0.3 is 5.97 Å². The molecule has 6 rings (SSSR count). The Kier molecular flexibility index (Phi) is 11.2. The fraction of sp³-hybridized carbons (Fsp3) is 0.457. The number of fused-ring (bicyclic) bond motifs is 2. The van der Waals surface area contributed by atoms with Crippen molar-refractivity contribution in [3.8, 4) is 11.5 Å². The fourth-order valence-electron chi connectivity index (χ4n) is 7.07. The summed E-state index contributed by atoms with van der Waals surface area (Å²) in [6.45, 7) is 8.23. The maximum atomic E-state index is 13.6. The average Bonchev–Trinajstić information content (AvgIpc) is 3.81. The number of nitrogens with zero attached hydrogens (tertiary/aromatic N) is 6. The Morgan fingerprint density at radius 1 is 1.16 bits per heavy atom. The van der Waals surface area contributed by atoms with Crippen LogP contribution in [0.25, 0.3) is 10.9 Å². The number of carbonyl (C=O) groups is 5. The van der Waals surface area contributed by atoms with E-state index in [1.807, 2.05) is 0 Å². The van der Waals surface area contributed by atoms with Gasteiger partial charge in [-0.1, -0.05) is 5.16 Å². The van der Waals surface area contributed by atoms with Crippen LogP contribution < -0.4 is 26.9 Å². The van der Waals surface area contributed by atoms with Crippen LogP contribution in [0.15, 0.2) is 38.7 Å². The summed E-state index contributed by atoms with van der Waals surface area (Å²) in [6.07, 6.45) is 1.66. The standard InChI is InChI=1S/C35H41N9O11S2/c1-5-42-20-13-22(46)21(45)12-17(20)27(47)24(40-42)28(48)37-8-11-44(9-6-7-10-44)14-18-16(2)57-31-25(30(50)43(31)26(18)32(51)52)39-29(49)23(19-15-56-34(36)38-19)41-55-35(3,4)33(53)54/h12-13,15-16,25,31H,5-11,14H2,1-4H3,(H7-,36,37,38,39,40,41,45,46,47,48,49,51,52,53,54)/t16-,25+,31+/m0/s1. The second-order valence-electron chi connectivity index (χ2n) is 14.4. The quantitative estimate of drug-likeness (QED) is 0.0385. The van der Waals surface area contributed by atoms with Crippen molar-refractivity contribution in [3.05, 3.63) is 50.4 Å². The van der Waals surface area contributed by atoms with Crippen LogP contribution in [0.5, 0.6) is 11.5 Å². The molecule has 3 atom stereocenters. The Labute approximate surface area is 332 Å². The average molecular weight is 828 g/mol. The number of aliphatic carboxylic acids is 2. The topological polar surface area (TPSA) is 292 Å². The molecular weight excluding hydrogens is 787 g/mol. The van der Waals surface area contributed by atoms with Gasteiger partial charge in [0.1, 0.15) is 23.7 Å². The number of aromatic hydroxyl groups is 2. The summed E-state index contributed by atoms with van der Waals surface area (Å²) in [7, 11) is 0. The third kappa shape index (κ3) is 7.83. The molecule has 2 saturated heterocycles. The van der Waals surface area contributed by atoms with Crippen LogP contribution in [0.2, 0.25) is 0 Å². The van der Waals surface area contributed by atoms with Crippen molar-refractivity contribution in [2.24, 2.45) is 5.16 Å². The lowest BCUT2D eigenvalue weighted by Crippen LogP contribution is -2.72. The normalized spacial score (nSPS) is 20.6. The third-order valence-corrected chi connectivity index (χ3v) is 12.3. The van der Waals surface area contributed by atoms with Gasteiger partial charge < -0.3 is 50.9 Å². The van der Waals surface area contributed by atoms with Crippen molar-refractivity contribution >= 4 is 74.5 Å². The van der Waals surface area contributed by atoms with Gasteiger partial charge in [0.2, 0.25) is 11.0 Å². The number of thiazole rings is 1. The first-order chi connectivity index (χ1) is 26.9. The highest BCUT2D eigenvalue weighted by atomic mass is 32.2. The smallest absolute Gasteiger partial charge is 0.350 e. The number of quaternary nitrogens is 1. The van der Waals surface area contributed by atoms with E-state index in [-0.39, 0.29) is 47.1 Å². The molecule has 0 aliphatic carbocycles. The molecular formula is C35H41N9O11S2. The highest BCUT2D eigenvalue weighted by Crippen LogP contribution is 2.45. The minimum absolute atomic E-state index is 0.00792. The molecule has 0 bridgehead atoms. The largest absolute Gasteiger partial charge is 0.543 e. The number of phenols is 2. The van der Waals surface area contributed by atoms with E-state index in [1.165, 1.54) is 41.7 Å². The Morgan fingerprint density at radius 2 is 1.84 bits per heavy atom. The summed E-state index contributed by atoms with van der Waals surface area (Å²) in [4.78, 5) is 88.4. The van der Waals surface area contributed by atoms with E-state index in [9.17, 15) is 49.2 Å². The third-order valence-electron chi connectivity index (χ3n) is 10.2. The number of nitrogen functional groups attached to an aromatic ring is 1. The molecule has 304 valence electrons. The van der Waals surface area contributed by atoms with Gasteiger partial charge in [0.15, 0.2) is 28.0 Å². The maximum Gasteiger partial charge on any atom is 0.350 e. The Morgan fingerprint density at radius 3 is 2.46 bits per heavy atom. The van der Waals surface area contributed by atoms with E-state index in [2.05, 4.69) is 25.9 Å². The van der Waals surface area contributed by atoms with Gasteiger partial charge in [0.05, 0.1) is 48.7 Å². The van der Waals surface area contributed by atoms with Crippen LogP contribution in [-0.4, -0.2) is 130 Å². The number of phenolic OH excluding ortho intramolecular Hbond substituents is 2. The fourth-order valence-corrected chi connectivity index (χ4v) is 9.06. The number of anilines is 1. The van der Waals surface area contributed by atoms with Crippen LogP contribution in [-0.2, 0) is 30.6 Å². The second-order valence-corrected chi connectivity index (χ2v) is 16.7. The number of amides is 3. The Balaban J connectivity index is 1.19. The van der Waals surface area contributed by atoms with Crippen molar-refractivity contribution in [2.75, 3.05) is 38.5 Å². The molecule has 20 nitrogen and oxygen atoms in total. The lowest BCUT2D eigenvalue weighted by Gasteiger charge is -2.53. The van der Waals surface area contributed by atoms with E-state index >= 15 is 0 Å². The van der Waals surface area contributed by atoms with Gasteiger partial charge in [-0.3, -0.25) is 28.8 Å². The number of oxime groups is 1. The Bertz CT molecular complexity index is 2300. The maximum absolute atomic E-state index is 13.6. The number of aryl methyl sites for hydroxylation is 1. The number of rotatable bonds is 14. The monoisotopic (exact) mass is 827 g/mol. The van der Waals surface area contributed by atoms with E-state index < -0.39 is 80.3 Å². The summed E-state index contributed by atoms with van der Waals surface area (Å²) in [5.41, 5.74) is 2.76. The molecule has 1 aromatic carbocycles. The number of carboxylic acid groups (broad SMARTS) is 2. The van der Waals surface area contributed by atoms with Gasteiger partial charge in [-0.15, -0.1) is 23.1 Å². The van der Waals surface area contributed by atoms with Crippen molar-refractivity contribution in [1.82, 2.24) is 30.3 Å². The molecule has 3 aliphatic rings. The molecule has 3 amide bonds. The minimum Gasteiger partial charge on any atom is -0.543 e. The zero-order chi connectivity index (χ0) is 41.6. The van der Waals surface area contributed by atoms with Crippen molar-refractivity contribution in [3.63, 3.8) is 0 Å². The predicted octanol–water partition coefficient (Wildman–Crippen LogP) is -0.717. The van der Waals surface area contributed by atoms with Crippen LogP contribution in [0.3, 0.4) is 0 Å². The summed E-state index contributed by atoms with van der Waals surface area (Å²) >= 11 is 2.26. The number of nitrogens with one attached hydrogen (secondary N) is 2. The SMILES string of the molecule is CCn1nc(C(=O)NCC[N+]2(CC3=C(C(=O)[O-])N4C(=O)[C@@H](NC(=O)/C(=N\OC(C)(C)C(=O)O)c5csc(N)n5)[C@H]4S[C@H]3C)CCCC2)c(=O)c2cc(O)c(O)cc21. The molecule has 7 N–H and O–H groups in total. The van der Waals surface area contributed by atoms with E-state index in [1.54, 1.807) is 13.8 Å². The molecule has 5 heterocycles. The number of carbonyl (C=O) groups excluding carboxylic acids is 4. The van der Waals surface area contributed by atoms with Gasteiger partial charge in [0.25, 0.3) is 17.7 Å². The molecule has 0 spiro atoms. The molecule has 22 heteroatoms. The summed E-state index contributed by atoms with van der Waals surface area (Å²) in [5, 5.41) is 55.7. The molecule has 3 aliphatic heterocycles. The lowest BCUT2D eigenvalue weighted by atomic mass is 9.99. The Hall–Kier alpha value is -5.74. The van der Waals surface area contributed by atoms with Crippen LogP contribution in [0.4, 0.5) is 5.13 Å². The second kappa shape index (κ2) is 15.7. The first-order valence-corrected chi connectivity index (χ1v) is 19.7. The van der Waals surface area contributed by atoms with Crippen molar-refractivity contribution < 1.29 is 53.7 Å². The number of hydrogen-bond acceptors (Lipinski definition) is 16. The number of hydrogen-bond donors (Lipinski definition) is 6. The van der Waals surface area contributed by atoms with Gasteiger partial charge in [-0.05, 0) is 33.8 Å². The number of nitrogens with two attached hydrogens (primary N) is 1. The number of aromatic nitrogens is 3. The van der Waals surface area contributed by atoms with Crippen LogP contribution >= 0.6 is 23.1 Å². The summed E-state index contributed by atoms with van der Waals surface area (Å²) < 4.78 is 1.75. The zero-order valence-corrected chi connectivity index (χ0v) is 32.9. The van der Waals surface area contributed by atoms with Gasteiger partial charge in [-0.25, -0.2) is 9.78 Å². The van der Waals surface area contributed by atoms with Crippen LogP contribution in [0, 0.1) is 0 Å². The first kappa shape index (κ1) is 40.9. The van der Waals surface area contributed by atoms with Crippen molar-refractivity contribution in [2.45, 2.75) is 69.3 Å². The number of thioether (sulfide) groups is 1. The lowest BCUT2D eigenvalue weighted by molar-refractivity contribution is -0.911. The van der Waals surface area contributed by atoms with E-state index in [4.69, 9.17) is 10.6 Å². The predicted molar refractivity (Wildman–Crippen MR) is 204 cm³/mol. The number of β-lactam (4-membered cyclic amide) rings is 1. The van der Waals surface area contributed by atoms with E-state index in [0.717, 1.165) is 35.1 Å². The molecule has 57 heavy (non-hydrogen) atoms. The number of likely N-dealkylation sites (tertiary alicyclic amines) is 1. The number of carboxylic acids is 2. The first-order valence-electron chi connectivity index (χ1n) is 17.9. The summed E-state index contributed by atoms with van der Waals surface area (Å²) in [6, 6.07) is 1.10.